The quantitative estimate of drug-likeness (QED) is 0.717. The smallest absolute Gasteiger partial charge is 0.140 e. The molecule has 0 aliphatic carbocycles. The lowest BCUT2D eigenvalue weighted by molar-refractivity contribution is -0.150. The van der Waals surface area contributed by atoms with E-state index >= 15 is 0 Å². The number of rotatable bonds is 1. The lowest BCUT2D eigenvalue weighted by Gasteiger charge is -2.34. The highest BCUT2D eigenvalue weighted by Gasteiger charge is 2.29. The zero-order valence-electron chi connectivity index (χ0n) is 7.94. The number of hydroxylamine groups is 2. The van der Waals surface area contributed by atoms with Crippen LogP contribution in [0.15, 0.2) is 12.1 Å². The Morgan fingerprint density at radius 2 is 2.29 bits per heavy atom. The topological polar surface area (TPSA) is 60.2 Å². The normalized spacial score (nSPS) is 17.5. The van der Waals surface area contributed by atoms with Crippen LogP contribution in [0.3, 0.4) is 0 Å². The summed E-state index contributed by atoms with van der Waals surface area (Å²) in [5, 5.41) is 19.0. The Labute approximate surface area is 82.4 Å². The summed E-state index contributed by atoms with van der Waals surface area (Å²) in [5.74, 6) is 0.272. The average molecular weight is 189 g/mol. The third-order valence-electron chi connectivity index (χ3n) is 2.50. The molecule has 4 heteroatoms. The Balaban J connectivity index is 2.28. The number of hydrogen-bond donors (Lipinski definition) is 1. The molecule has 1 aliphatic rings. The molecule has 2 rings (SSSR count). The number of nitrogens with zero attached hydrogens (tertiary/aromatic N) is 3. The van der Waals surface area contributed by atoms with Crippen molar-refractivity contribution in [2.75, 3.05) is 13.1 Å². The number of pyridine rings is 1. The van der Waals surface area contributed by atoms with Gasteiger partial charge in [0.2, 0.25) is 0 Å². The van der Waals surface area contributed by atoms with Crippen LogP contribution in [0.2, 0.25) is 0 Å². The largest absolute Gasteiger partial charge is 0.314 e. The summed E-state index contributed by atoms with van der Waals surface area (Å²) >= 11 is 0. The molecule has 72 valence electrons. The first-order chi connectivity index (χ1) is 6.70. The molecular weight excluding hydrogens is 178 g/mol. The third kappa shape index (κ3) is 1.48. The van der Waals surface area contributed by atoms with Gasteiger partial charge in [-0.2, -0.15) is 10.3 Å². The summed E-state index contributed by atoms with van der Waals surface area (Å²) in [5.41, 5.74) is 2.47. The third-order valence-corrected chi connectivity index (χ3v) is 2.50. The van der Waals surface area contributed by atoms with Crippen LogP contribution in [0.1, 0.15) is 22.9 Å². The van der Waals surface area contributed by atoms with Gasteiger partial charge in [-0.15, -0.1) is 0 Å². The molecule has 0 amide bonds. The van der Waals surface area contributed by atoms with Crippen molar-refractivity contribution >= 4 is 0 Å². The van der Waals surface area contributed by atoms with E-state index in [-0.39, 0.29) is 5.92 Å². The molecule has 0 radical (unpaired) electrons. The molecule has 0 bridgehead atoms. The van der Waals surface area contributed by atoms with E-state index in [1.165, 1.54) is 5.06 Å². The first-order valence-corrected chi connectivity index (χ1v) is 4.52. The van der Waals surface area contributed by atoms with Crippen molar-refractivity contribution < 1.29 is 5.21 Å². The van der Waals surface area contributed by atoms with Crippen LogP contribution in [-0.4, -0.2) is 28.3 Å². The van der Waals surface area contributed by atoms with Gasteiger partial charge in [0, 0.05) is 19.0 Å². The summed E-state index contributed by atoms with van der Waals surface area (Å²) in [4.78, 5) is 4.25. The molecule has 0 unspecified atom stereocenters. The van der Waals surface area contributed by atoms with Gasteiger partial charge in [-0.25, -0.2) is 4.98 Å². The SMILES string of the molecule is Cc1ccc(C#N)nc1C1CN(O)C1. The molecule has 1 aliphatic heterocycles. The van der Waals surface area contributed by atoms with E-state index in [9.17, 15) is 0 Å². The Hall–Kier alpha value is -1.44. The Morgan fingerprint density at radius 1 is 1.57 bits per heavy atom. The van der Waals surface area contributed by atoms with E-state index < -0.39 is 0 Å². The molecule has 0 spiro atoms. The van der Waals surface area contributed by atoms with E-state index in [1.807, 2.05) is 19.1 Å². The van der Waals surface area contributed by atoms with Crippen molar-refractivity contribution in [2.24, 2.45) is 0 Å². The van der Waals surface area contributed by atoms with Gasteiger partial charge in [-0.05, 0) is 18.6 Å². The molecule has 1 N–H and O–H groups in total. The fraction of sp³-hybridized carbons (Fsp3) is 0.400. The second kappa shape index (κ2) is 3.37. The number of hydrogen-bond acceptors (Lipinski definition) is 4. The van der Waals surface area contributed by atoms with Crippen LogP contribution >= 0.6 is 0 Å². The molecule has 1 saturated heterocycles. The van der Waals surface area contributed by atoms with E-state index in [2.05, 4.69) is 4.98 Å². The minimum absolute atomic E-state index is 0.272. The second-order valence-corrected chi connectivity index (χ2v) is 3.58. The summed E-state index contributed by atoms with van der Waals surface area (Å²) in [7, 11) is 0. The molecule has 4 nitrogen and oxygen atoms in total. The van der Waals surface area contributed by atoms with Crippen LogP contribution in [-0.2, 0) is 0 Å². The maximum Gasteiger partial charge on any atom is 0.140 e. The van der Waals surface area contributed by atoms with Gasteiger partial charge < -0.3 is 5.21 Å². The lowest BCUT2D eigenvalue weighted by Crippen LogP contribution is -2.43. The minimum Gasteiger partial charge on any atom is -0.314 e. The van der Waals surface area contributed by atoms with Gasteiger partial charge in [0.1, 0.15) is 11.8 Å². The first kappa shape index (κ1) is 9.13. The Kier molecular flexibility index (Phi) is 2.20. The second-order valence-electron chi connectivity index (χ2n) is 3.58. The van der Waals surface area contributed by atoms with Crippen molar-refractivity contribution in [3.8, 4) is 6.07 Å². The van der Waals surface area contributed by atoms with Crippen molar-refractivity contribution in [1.82, 2.24) is 10.0 Å². The molecule has 0 atom stereocenters. The van der Waals surface area contributed by atoms with Crippen LogP contribution in [0.25, 0.3) is 0 Å². The van der Waals surface area contributed by atoms with E-state index in [0.717, 1.165) is 11.3 Å². The maximum atomic E-state index is 9.04. The monoisotopic (exact) mass is 189 g/mol. The molecule has 1 fully saturated rings. The zero-order chi connectivity index (χ0) is 10.1. The molecule has 0 aromatic carbocycles. The minimum atomic E-state index is 0.272. The summed E-state index contributed by atoms with van der Waals surface area (Å²) in [6.45, 7) is 3.20. The Bertz CT molecular complexity index is 391. The molecule has 0 saturated carbocycles. The highest BCUT2D eigenvalue weighted by molar-refractivity contribution is 5.31. The van der Waals surface area contributed by atoms with E-state index in [1.54, 1.807) is 6.07 Å². The van der Waals surface area contributed by atoms with Gasteiger partial charge in [-0.1, -0.05) is 6.07 Å². The first-order valence-electron chi connectivity index (χ1n) is 4.52. The van der Waals surface area contributed by atoms with Gasteiger partial charge in [0.15, 0.2) is 0 Å². The van der Waals surface area contributed by atoms with Crippen molar-refractivity contribution in [3.05, 3.63) is 29.1 Å². The fourth-order valence-electron chi connectivity index (χ4n) is 1.65. The van der Waals surface area contributed by atoms with Crippen LogP contribution in [0, 0.1) is 18.3 Å². The van der Waals surface area contributed by atoms with Crippen LogP contribution < -0.4 is 0 Å². The molecule has 2 heterocycles. The predicted molar refractivity (Wildman–Crippen MR) is 49.8 cm³/mol. The molecule has 14 heavy (non-hydrogen) atoms. The van der Waals surface area contributed by atoms with Crippen molar-refractivity contribution in [1.29, 1.82) is 5.26 Å². The van der Waals surface area contributed by atoms with Gasteiger partial charge in [0.05, 0.1) is 5.69 Å². The van der Waals surface area contributed by atoms with Crippen molar-refractivity contribution in [2.45, 2.75) is 12.8 Å². The average Bonchev–Trinajstić information content (AvgIpc) is 2.14. The lowest BCUT2D eigenvalue weighted by atomic mass is 9.94. The van der Waals surface area contributed by atoms with Gasteiger partial charge >= 0.3 is 0 Å². The van der Waals surface area contributed by atoms with E-state index in [4.69, 9.17) is 10.5 Å². The summed E-state index contributed by atoms with van der Waals surface area (Å²) in [6, 6.07) is 5.64. The van der Waals surface area contributed by atoms with Crippen molar-refractivity contribution in [3.63, 3.8) is 0 Å². The molecule has 1 aromatic heterocycles. The van der Waals surface area contributed by atoms with E-state index in [0.29, 0.717) is 18.8 Å². The fourth-order valence-corrected chi connectivity index (χ4v) is 1.65. The maximum absolute atomic E-state index is 9.04. The summed E-state index contributed by atoms with van der Waals surface area (Å²) < 4.78 is 0. The predicted octanol–water partition coefficient (Wildman–Crippen LogP) is 1.05. The van der Waals surface area contributed by atoms with Gasteiger partial charge in [-0.3, -0.25) is 0 Å². The van der Waals surface area contributed by atoms with Gasteiger partial charge in [0.25, 0.3) is 0 Å². The number of aromatic nitrogens is 1. The number of nitriles is 1. The standard InChI is InChI=1S/C10H11N3O/c1-7-2-3-9(4-11)12-10(7)8-5-13(14)6-8/h2-3,8,14H,5-6H2,1H3. The highest BCUT2D eigenvalue weighted by Crippen LogP contribution is 2.26. The highest BCUT2D eigenvalue weighted by atomic mass is 16.5. The Morgan fingerprint density at radius 3 is 2.86 bits per heavy atom. The van der Waals surface area contributed by atoms with Crippen LogP contribution in [0.5, 0.6) is 0 Å². The molecular formula is C10H11N3O. The number of aryl methyl sites for hydroxylation is 1. The van der Waals surface area contributed by atoms with Crippen LogP contribution in [0.4, 0.5) is 0 Å². The zero-order valence-corrected chi connectivity index (χ0v) is 7.94. The summed E-state index contributed by atoms with van der Waals surface area (Å²) in [6.07, 6.45) is 0. The molecule has 1 aromatic rings.